The molecule has 1 atom stereocenters. The van der Waals surface area contributed by atoms with Crippen LogP contribution in [0.3, 0.4) is 0 Å². The molecule has 2 heterocycles. The van der Waals surface area contributed by atoms with E-state index >= 15 is 0 Å². The van der Waals surface area contributed by atoms with Gasteiger partial charge in [0.2, 0.25) is 0 Å². The Morgan fingerprint density at radius 3 is 2.69 bits per heavy atom. The molecule has 0 radical (unpaired) electrons. The molecular weight excluding hydrogens is 461 g/mol. The van der Waals surface area contributed by atoms with Crippen LogP contribution >= 0.6 is 27.5 Å². The highest BCUT2D eigenvalue weighted by atomic mass is 79.9. The Hall–Kier alpha value is -2.84. The average Bonchev–Trinajstić information content (AvgIpc) is 2.73. The van der Waals surface area contributed by atoms with Crippen LogP contribution in [0.1, 0.15) is 18.9 Å². The average molecular weight is 475 g/mol. The quantitative estimate of drug-likeness (QED) is 0.391. The second kappa shape index (κ2) is 8.26. The molecule has 4 aromatic rings. The molecule has 1 N–H and O–H groups in total. The molecule has 2 aromatic carbocycles. The molecule has 0 aliphatic heterocycles. The molecule has 0 saturated heterocycles. The van der Waals surface area contributed by atoms with Crippen molar-refractivity contribution >= 4 is 49.9 Å². The molecule has 6 nitrogen and oxygen atoms in total. The van der Waals surface area contributed by atoms with Crippen molar-refractivity contribution in [3.63, 3.8) is 0 Å². The van der Waals surface area contributed by atoms with Crippen LogP contribution in [0, 0.1) is 5.82 Å². The fraction of sp³-hybridized carbons (Fsp3) is 0.100. The molecule has 0 unspecified atom stereocenters. The first-order chi connectivity index (χ1) is 14.0. The lowest BCUT2D eigenvalue weighted by Crippen LogP contribution is -2.08. The maximum Gasteiger partial charge on any atom is 0.168 e. The van der Waals surface area contributed by atoms with E-state index in [9.17, 15) is 4.39 Å². The standard InChI is InChI=1S/C20H14BrClFN5O/c1-11(19-24-6-3-7-25-19)29-17-8-12-16(9-13(17)21)26-10-27-20(12)28-15-5-2-4-14(22)18(15)23/h2-11H,1H3,(H,26,27,28)/t11-/m0/s1. The van der Waals surface area contributed by atoms with Crippen molar-refractivity contribution in [2.75, 3.05) is 5.32 Å². The Labute approximate surface area is 179 Å². The van der Waals surface area contributed by atoms with Crippen LogP contribution in [0.5, 0.6) is 5.75 Å². The summed E-state index contributed by atoms with van der Waals surface area (Å²) in [6, 6.07) is 10.1. The zero-order valence-corrected chi connectivity index (χ0v) is 17.4. The fourth-order valence-electron chi connectivity index (χ4n) is 2.74. The van der Waals surface area contributed by atoms with Crippen molar-refractivity contribution in [2.45, 2.75) is 13.0 Å². The lowest BCUT2D eigenvalue weighted by Gasteiger charge is -2.16. The van der Waals surface area contributed by atoms with Gasteiger partial charge in [-0.2, -0.15) is 0 Å². The summed E-state index contributed by atoms with van der Waals surface area (Å²) in [6.45, 7) is 1.86. The van der Waals surface area contributed by atoms with Gasteiger partial charge < -0.3 is 10.1 Å². The Bertz CT molecular complexity index is 1180. The third kappa shape index (κ3) is 4.13. The number of hydrogen-bond donors (Lipinski definition) is 1. The minimum absolute atomic E-state index is 0.0248. The first kappa shape index (κ1) is 19.5. The van der Waals surface area contributed by atoms with Gasteiger partial charge in [-0.05, 0) is 53.2 Å². The number of fused-ring (bicyclic) bond motifs is 1. The molecule has 0 amide bonds. The van der Waals surface area contributed by atoms with Crippen LogP contribution < -0.4 is 10.1 Å². The Kier molecular flexibility index (Phi) is 5.55. The number of nitrogens with one attached hydrogen (secondary N) is 1. The predicted molar refractivity (Wildman–Crippen MR) is 113 cm³/mol. The van der Waals surface area contributed by atoms with E-state index in [1.54, 1.807) is 36.7 Å². The molecule has 29 heavy (non-hydrogen) atoms. The van der Waals surface area contributed by atoms with E-state index in [1.807, 2.05) is 13.0 Å². The normalized spacial score (nSPS) is 12.0. The van der Waals surface area contributed by atoms with Gasteiger partial charge in [0.25, 0.3) is 0 Å². The summed E-state index contributed by atoms with van der Waals surface area (Å²) in [7, 11) is 0. The van der Waals surface area contributed by atoms with Crippen molar-refractivity contribution in [1.82, 2.24) is 19.9 Å². The number of rotatable bonds is 5. The molecule has 146 valence electrons. The summed E-state index contributed by atoms with van der Waals surface area (Å²) < 4.78 is 21.1. The summed E-state index contributed by atoms with van der Waals surface area (Å²) in [5, 5.41) is 3.67. The summed E-state index contributed by atoms with van der Waals surface area (Å²) >= 11 is 9.38. The monoisotopic (exact) mass is 473 g/mol. The van der Waals surface area contributed by atoms with E-state index in [1.165, 1.54) is 12.4 Å². The first-order valence-corrected chi connectivity index (χ1v) is 9.79. The minimum atomic E-state index is -0.552. The SMILES string of the molecule is C[C@H](Oc1cc2c(Nc3cccc(Cl)c3F)ncnc2cc1Br)c1ncccn1. The zero-order chi connectivity index (χ0) is 20.4. The van der Waals surface area contributed by atoms with Crippen molar-refractivity contribution in [1.29, 1.82) is 0 Å². The highest BCUT2D eigenvalue weighted by Crippen LogP contribution is 2.35. The van der Waals surface area contributed by atoms with Crippen molar-refractivity contribution in [2.24, 2.45) is 0 Å². The molecule has 0 bridgehead atoms. The molecule has 0 aliphatic carbocycles. The first-order valence-electron chi connectivity index (χ1n) is 8.62. The maximum absolute atomic E-state index is 14.3. The van der Waals surface area contributed by atoms with E-state index in [-0.39, 0.29) is 16.8 Å². The largest absolute Gasteiger partial charge is 0.482 e. The number of ether oxygens (including phenoxy) is 1. The number of hydrogen-bond acceptors (Lipinski definition) is 6. The van der Waals surface area contributed by atoms with Gasteiger partial charge in [0.1, 0.15) is 17.9 Å². The molecule has 0 fully saturated rings. The number of anilines is 2. The van der Waals surface area contributed by atoms with Gasteiger partial charge in [0, 0.05) is 17.8 Å². The van der Waals surface area contributed by atoms with Crippen LogP contribution in [0.25, 0.3) is 10.9 Å². The van der Waals surface area contributed by atoms with E-state index in [0.29, 0.717) is 32.8 Å². The lowest BCUT2D eigenvalue weighted by atomic mass is 10.2. The van der Waals surface area contributed by atoms with E-state index in [0.717, 1.165) is 0 Å². The highest BCUT2D eigenvalue weighted by molar-refractivity contribution is 9.10. The molecule has 9 heteroatoms. The van der Waals surface area contributed by atoms with Crippen LogP contribution in [-0.4, -0.2) is 19.9 Å². The van der Waals surface area contributed by atoms with Crippen molar-refractivity contribution in [3.05, 3.63) is 76.3 Å². The second-order valence-electron chi connectivity index (χ2n) is 6.12. The summed E-state index contributed by atoms with van der Waals surface area (Å²) in [5.41, 5.74) is 0.877. The van der Waals surface area contributed by atoms with Gasteiger partial charge in [-0.3, -0.25) is 0 Å². The number of benzene rings is 2. The van der Waals surface area contributed by atoms with Crippen LogP contribution in [-0.2, 0) is 0 Å². The Balaban J connectivity index is 1.72. The van der Waals surface area contributed by atoms with Gasteiger partial charge in [0.15, 0.2) is 17.7 Å². The van der Waals surface area contributed by atoms with Gasteiger partial charge in [-0.25, -0.2) is 24.3 Å². The minimum Gasteiger partial charge on any atom is -0.482 e. The van der Waals surface area contributed by atoms with E-state index in [4.69, 9.17) is 16.3 Å². The molecule has 0 saturated carbocycles. The summed E-state index contributed by atoms with van der Waals surface area (Å²) in [6.07, 6.45) is 4.34. The maximum atomic E-state index is 14.3. The molecule has 0 spiro atoms. The molecule has 2 aromatic heterocycles. The van der Waals surface area contributed by atoms with E-state index in [2.05, 4.69) is 41.2 Å². The van der Waals surface area contributed by atoms with Gasteiger partial charge in [-0.1, -0.05) is 17.7 Å². The Morgan fingerprint density at radius 2 is 1.90 bits per heavy atom. The number of nitrogens with zero attached hydrogens (tertiary/aromatic N) is 4. The third-order valence-electron chi connectivity index (χ3n) is 4.15. The molecule has 0 aliphatic rings. The van der Waals surface area contributed by atoms with Gasteiger partial charge >= 0.3 is 0 Å². The van der Waals surface area contributed by atoms with Crippen LogP contribution in [0.2, 0.25) is 5.02 Å². The van der Waals surface area contributed by atoms with Crippen LogP contribution in [0.4, 0.5) is 15.9 Å². The van der Waals surface area contributed by atoms with Gasteiger partial charge in [0.05, 0.1) is 20.7 Å². The molecular formula is C20H14BrClFN5O. The fourth-order valence-corrected chi connectivity index (χ4v) is 3.34. The van der Waals surface area contributed by atoms with Crippen molar-refractivity contribution in [3.8, 4) is 5.75 Å². The number of aromatic nitrogens is 4. The molecule has 4 rings (SSSR count). The number of halogens is 3. The summed E-state index contributed by atoms with van der Waals surface area (Å²) in [4.78, 5) is 17.0. The van der Waals surface area contributed by atoms with E-state index < -0.39 is 5.82 Å². The third-order valence-corrected chi connectivity index (χ3v) is 5.06. The topological polar surface area (TPSA) is 72.8 Å². The Morgan fingerprint density at radius 1 is 1.10 bits per heavy atom. The smallest absolute Gasteiger partial charge is 0.168 e. The van der Waals surface area contributed by atoms with Crippen LogP contribution in [0.15, 0.2) is 59.6 Å². The predicted octanol–water partition coefficient (Wildman–Crippen LogP) is 5.86. The van der Waals surface area contributed by atoms with Crippen molar-refractivity contribution < 1.29 is 9.13 Å². The highest BCUT2D eigenvalue weighted by Gasteiger charge is 2.16. The second-order valence-corrected chi connectivity index (χ2v) is 7.38. The van der Waals surface area contributed by atoms with Gasteiger partial charge in [-0.15, -0.1) is 0 Å². The summed E-state index contributed by atoms with van der Waals surface area (Å²) in [5.74, 6) is 0.992. The lowest BCUT2D eigenvalue weighted by molar-refractivity contribution is 0.215. The zero-order valence-electron chi connectivity index (χ0n) is 15.1.